The molecule has 0 saturated heterocycles. The summed E-state index contributed by atoms with van der Waals surface area (Å²) in [4.78, 5) is 10.5. The van der Waals surface area contributed by atoms with Crippen LogP contribution in [0.4, 0.5) is 33.2 Å². The first kappa shape index (κ1) is 19.6. The number of anilines is 5. The van der Waals surface area contributed by atoms with Crippen molar-refractivity contribution in [1.29, 1.82) is 0 Å². The fourth-order valence-electron chi connectivity index (χ4n) is 4.07. The summed E-state index contributed by atoms with van der Waals surface area (Å²) in [7, 11) is 1.63. The first-order valence-corrected chi connectivity index (χ1v) is 10.3. The van der Waals surface area contributed by atoms with Crippen LogP contribution in [0.25, 0.3) is 0 Å². The van der Waals surface area contributed by atoms with Crippen molar-refractivity contribution >= 4 is 28.8 Å². The predicted molar refractivity (Wildman–Crippen MR) is 118 cm³/mol. The van der Waals surface area contributed by atoms with Crippen molar-refractivity contribution < 1.29 is 13.9 Å². The van der Waals surface area contributed by atoms with Crippen LogP contribution in [0.2, 0.25) is 0 Å². The Balaban J connectivity index is 1.38. The Morgan fingerprint density at radius 3 is 2.71 bits per heavy atom. The Morgan fingerprint density at radius 1 is 1.16 bits per heavy atom. The SMILES string of the molecule is COCCOc1ccc(Nc2ncc(F)c(N3CC4(CC4)c4ccc(N)cc43)n2)cc1. The monoisotopic (exact) mass is 421 g/mol. The van der Waals surface area contributed by atoms with Gasteiger partial charge in [-0.2, -0.15) is 4.98 Å². The summed E-state index contributed by atoms with van der Waals surface area (Å²) in [5.74, 6) is 0.863. The fourth-order valence-corrected chi connectivity index (χ4v) is 4.07. The number of ether oxygens (including phenoxy) is 2. The van der Waals surface area contributed by atoms with E-state index in [-0.39, 0.29) is 11.2 Å². The van der Waals surface area contributed by atoms with Crippen molar-refractivity contribution in [3.05, 3.63) is 60.0 Å². The van der Waals surface area contributed by atoms with Crippen LogP contribution in [-0.2, 0) is 10.2 Å². The van der Waals surface area contributed by atoms with Crippen molar-refractivity contribution in [2.45, 2.75) is 18.3 Å². The number of hydrogen-bond acceptors (Lipinski definition) is 7. The number of methoxy groups -OCH3 is 1. The molecule has 7 nitrogen and oxygen atoms in total. The normalized spacial score (nSPS) is 15.7. The Bertz CT molecular complexity index is 1100. The van der Waals surface area contributed by atoms with Crippen LogP contribution >= 0.6 is 0 Å². The van der Waals surface area contributed by atoms with E-state index < -0.39 is 5.82 Å². The molecule has 1 spiro atoms. The molecule has 2 aromatic carbocycles. The minimum Gasteiger partial charge on any atom is -0.491 e. The maximum atomic E-state index is 14.8. The van der Waals surface area contributed by atoms with Crippen molar-refractivity contribution in [1.82, 2.24) is 9.97 Å². The van der Waals surface area contributed by atoms with Crippen LogP contribution in [0.1, 0.15) is 18.4 Å². The minimum atomic E-state index is -0.460. The molecule has 3 aromatic rings. The summed E-state index contributed by atoms with van der Waals surface area (Å²) < 4.78 is 25.3. The summed E-state index contributed by atoms with van der Waals surface area (Å²) in [6.07, 6.45) is 3.39. The first-order valence-electron chi connectivity index (χ1n) is 10.3. The molecule has 0 radical (unpaired) electrons. The van der Waals surface area contributed by atoms with E-state index in [1.54, 1.807) is 7.11 Å². The van der Waals surface area contributed by atoms with E-state index in [0.717, 1.165) is 30.0 Å². The van der Waals surface area contributed by atoms with Crippen LogP contribution < -0.4 is 20.7 Å². The largest absolute Gasteiger partial charge is 0.491 e. The van der Waals surface area contributed by atoms with Crippen molar-refractivity contribution in [2.75, 3.05) is 42.8 Å². The number of aromatic nitrogens is 2. The van der Waals surface area contributed by atoms with Crippen LogP contribution in [-0.4, -0.2) is 36.8 Å². The molecule has 1 fully saturated rings. The first-order chi connectivity index (χ1) is 15.1. The lowest BCUT2D eigenvalue weighted by Gasteiger charge is -2.20. The van der Waals surface area contributed by atoms with Crippen LogP contribution in [0.5, 0.6) is 5.75 Å². The third kappa shape index (κ3) is 3.74. The van der Waals surface area contributed by atoms with Crippen LogP contribution in [0.3, 0.4) is 0 Å². The number of nitrogens with one attached hydrogen (secondary N) is 1. The highest BCUT2D eigenvalue weighted by atomic mass is 19.1. The highest BCUT2D eigenvalue weighted by Gasteiger charge is 2.52. The van der Waals surface area contributed by atoms with Gasteiger partial charge in [0.15, 0.2) is 11.6 Å². The lowest BCUT2D eigenvalue weighted by molar-refractivity contribution is 0.146. The predicted octanol–water partition coefficient (Wildman–Crippen LogP) is 4.15. The number of nitrogens with zero attached hydrogens (tertiary/aromatic N) is 3. The zero-order valence-corrected chi connectivity index (χ0v) is 17.3. The summed E-state index contributed by atoms with van der Waals surface area (Å²) in [5, 5.41) is 3.14. The van der Waals surface area contributed by atoms with E-state index in [1.807, 2.05) is 41.3 Å². The highest BCUT2D eigenvalue weighted by Crippen LogP contribution is 2.58. The van der Waals surface area contributed by atoms with Gasteiger partial charge in [0.05, 0.1) is 12.8 Å². The van der Waals surface area contributed by atoms with Gasteiger partial charge in [0.1, 0.15) is 12.4 Å². The second kappa shape index (κ2) is 7.70. The Morgan fingerprint density at radius 2 is 1.97 bits per heavy atom. The minimum absolute atomic E-state index is 0.0899. The van der Waals surface area contributed by atoms with E-state index in [9.17, 15) is 4.39 Å². The number of halogens is 1. The smallest absolute Gasteiger partial charge is 0.229 e. The Labute approximate surface area is 180 Å². The number of fused-ring (bicyclic) bond motifs is 2. The standard InChI is InChI=1S/C23H24FN5O2/c1-30-10-11-31-17-5-3-16(4-6-17)27-22-26-13-19(24)21(28-22)29-14-23(8-9-23)18-7-2-15(25)12-20(18)29/h2-7,12-13H,8-11,14,25H2,1H3,(H,26,27,28). The molecule has 5 rings (SSSR count). The molecule has 8 heteroatoms. The van der Waals surface area contributed by atoms with Gasteiger partial charge in [-0.05, 0) is 54.8 Å². The molecular formula is C23H24FN5O2. The van der Waals surface area contributed by atoms with Gasteiger partial charge in [-0.1, -0.05) is 6.07 Å². The molecule has 0 unspecified atom stereocenters. The molecule has 0 amide bonds. The van der Waals surface area contributed by atoms with Gasteiger partial charge >= 0.3 is 0 Å². The average Bonchev–Trinajstić information content (AvgIpc) is 3.48. The van der Waals surface area contributed by atoms with Crippen molar-refractivity contribution in [3.8, 4) is 5.75 Å². The maximum Gasteiger partial charge on any atom is 0.229 e. The molecule has 1 saturated carbocycles. The molecule has 2 aliphatic rings. The molecule has 3 N–H and O–H groups in total. The van der Waals surface area contributed by atoms with Crippen LogP contribution in [0, 0.1) is 5.82 Å². The Hall–Kier alpha value is -3.39. The van der Waals surface area contributed by atoms with E-state index in [4.69, 9.17) is 15.2 Å². The summed E-state index contributed by atoms with van der Waals surface area (Å²) in [6, 6.07) is 13.3. The summed E-state index contributed by atoms with van der Waals surface area (Å²) >= 11 is 0. The summed E-state index contributed by atoms with van der Waals surface area (Å²) in [6.45, 7) is 1.71. The third-order valence-corrected chi connectivity index (χ3v) is 5.85. The van der Waals surface area contributed by atoms with Crippen molar-refractivity contribution in [2.24, 2.45) is 0 Å². The van der Waals surface area contributed by atoms with Crippen LogP contribution in [0.15, 0.2) is 48.7 Å². The molecule has 1 aliphatic heterocycles. The van der Waals surface area contributed by atoms with Gasteiger partial charge in [0, 0.05) is 36.1 Å². The third-order valence-electron chi connectivity index (χ3n) is 5.85. The van der Waals surface area contributed by atoms with Gasteiger partial charge < -0.3 is 25.4 Å². The molecule has 160 valence electrons. The van der Waals surface area contributed by atoms with Gasteiger partial charge in [0.25, 0.3) is 0 Å². The van der Waals surface area contributed by atoms with E-state index >= 15 is 0 Å². The van der Waals surface area contributed by atoms with E-state index in [1.165, 1.54) is 11.8 Å². The molecule has 1 aliphatic carbocycles. The highest BCUT2D eigenvalue weighted by molar-refractivity contribution is 5.76. The lowest BCUT2D eigenvalue weighted by Crippen LogP contribution is -2.22. The number of rotatable bonds is 7. The molecule has 0 atom stereocenters. The van der Waals surface area contributed by atoms with E-state index in [2.05, 4.69) is 21.4 Å². The molecular weight excluding hydrogens is 397 g/mol. The quantitative estimate of drug-likeness (QED) is 0.438. The van der Waals surface area contributed by atoms with Crippen molar-refractivity contribution in [3.63, 3.8) is 0 Å². The topological polar surface area (TPSA) is 85.5 Å². The second-order valence-electron chi connectivity index (χ2n) is 8.00. The van der Waals surface area contributed by atoms with Gasteiger partial charge in [-0.3, -0.25) is 0 Å². The number of nitrogen functional groups attached to an aromatic ring is 1. The molecule has 1 aromatic heterocycles. The lowest BCUT2D eigenvalue weighted by atomic mass is 9.98. The maximum absolute atomic E-state index is 14.8. The zero-order valence-electron chi connectivity index (χ0n) is 17.3. The number of benzene rings is 2. The second-order valence-corrected chi connectivity index (χ2v) is 8.00. The zero-order chi connectivity index (χ0) is 21.4. The van der Waals surface area contributed by atoms with E-state index in [0.29, 0.717) is 31.4 Å². The van der Waals surface area contributed by atoms with Gasteiger partial charge in [-0.25, -0.2) is 9.37 Å². The fraction of sp³-hybridized carbons (Fsp3) is 0.304. The summed E-state index contributed by atoms with van der Waals surface area (Å²) in [5.41, 5.74) is 9.69. The molecule has 2 heterocycles. The number of hydrogen-bond donors (Lipinski definition) is 2. The number of nitrogens with two attached hydrogens (primary N) is 1. The van der Waals surface area contributed by atoms with Gasteiger partial charge in [0.2, 0.25) is 5.95 Å². The Kier molecular flexibility index (Phi) is 4.86. The average molecular weight is 421 g/mol. The van der Waals surface area contributed by atoms with Gasteiger partial charge in [-0.15, -0.1) is 0 Å². The molecule has 31 heavy (non-hydrogen) atoms. The molecule has 0 bridgehead atoms.